The van der Waals surface area contributed by atoms with Gasteiger partial charge in [-0.2, -0.15) is 0 Å². The lowest BCUT2D eigenvalue weighted by Gasteiger charge is -2.13. The second kappa shape index (κ2) is 9.01. The average Bonchev–Trinajstić information content (AvgIpc) is 3.10. The zero-order chi connectivity index (χ0) is 19.2. The minimum atomic E-state index is -0.252. The van der Waals surface area contributed by atoms with Gasteiger partial charge in [-0.25, -0.2) is 4.98 Å². The molecule has 0 aliphatic heterocycles. The number of rotatable bonds is 7. The Balaban J connectivity index is 1.73. The predicted molar refractivity (Wildman–Crippen MR) is 111 cm³/mol. The highest BCUT2D eigenvalue weighted by Crippen LogP contribution is 2.37. The molecule has 0 atom stereocenters. The van der Waals surface area contributed by atoms with Gasteiger partial charge in [0.05, 0.1) is 18.2 Å². The Kier molecular flexibility index (Phi) is 6.47. The highest BCUT2D eigenvalue weighted by atomic mass is 79.9. The Morgan fingerprint density at radius 1 is 1.26 bits per heavy atom. The van der Waals surface area contributed by atoms with E-state index in [4.69, 9.17) is 9.47 Å². The number of hydrogen-bond acceptors (Lipinski definition) is 5. The summed E-state index contributed by atoms with van der Waals surface area (Å²) in [5.74, 6) is 0.828. The third kappa shape index (κ3) is 4.87. The number of nitrogens with one attached hydrogen (secondary N) is 1. The lowest BCUT2D eigenvalue weighted by Crippen LogP contribution is -2.12. The van der Waals surface area contributed by atoms with Crippen molar-refractivity contribution in [3.8, 4) is 11.5 Å². The van der Waals surface area contributed by atoms with Crippen LogP contribution in [0.2, 0.25) is 0 Å². The fraction of sp³-hybridized carbons (Fsp3) is 0.200. The van der Waals surface area contributed by atoms with E-state index in [-0.39, 0.29) is 5.91 Å². The van der Waals surface area contributed by atoms with E-state index in [1.165, 1.54) is 16.9 Å². The van der Waals surface area contributed by atoms with Crippen LogP contribution in [0.3, 0.4) is 0 Å². The van der Waals surface area contributed by atoms with Crippen LogP contribution < -0.4 is 14.8 Å². The quantitative estimate of drug-likeness (QED) is 0.544. The molecule has 0 aliphatic rings. The van der Waals surface area contributed by atoms with Crippen molar-refractivity contribution in [2.45, 2.75) is 13.3 Å². The molecule has 1 amide bonds. The molecule has 27 heavy (non-hydrogen) atoms. The van der Waals surface area contributed by atoms with Gasteiger partial charge < -0.3 is 9.47 Å². The van der Waals surface area contributed by atoms with E-state index < -0.39 is 0 Å². The first kappa shape index (κ1) is 19.4. The molecule has 140 valence electrons. The monoisotopic (exact) mass is 446 g/mol. The second-order valence-corrected chi connectivity index (χ2v) is 7.64. The molecule has 0 bridgehead atoms. The summed E-state index contributed by atoms with van der Waals surface area (Å²) in [6.45, 7) is 2.39. The van der Waals surface area contributed by atoms with Gasteiger partial charge in [0, 0.05) is 23.1 Å². The van der Waals surface area contributed by atoms with Crippen LogP contribution in [0.5, 0.6) is 11.5 Å². The summed E-state index contributed by atoms with van der Waals surface area (Å²) in [5.41, 5.74) is 1.67. The van der Waals surface area contributed by atoms with E-state index in [2.05, 4.69) is 38.4 Å². The van der Waals surface area contributed by atoms with Crippen molar-refractivity contribution < 1.29 is 14.3 Å². The number of benzene rings is 2. The van der Waals surface area contributed by atoms with E-state index in [0.29, 0.717) is 33.3 Å². The lowest BCUT2D eigenvalue weighted by atomic mass is 10.1. The number of anilines is 1. The topological polar surface area (TPSA) is 60.5 Å². The van der Waals surface area contributed by atoms with Crippen molar-refractivity contribution in [2.75, 3.05) is 19.0 Å². The van der Waals surface area contributed by atoms with Crippen LogP contribution in [0, 0.1) is 0 Å². The third-order valence-corrected chi connectivity index (χ3v) is 5.28. The summed E-state index contributed by atoms with van der Waals surface area (Å²) in [4.78, 5) is 18.0. The Labute approximate surface area is 170 Å². The first-order valence-corrected chi connectivity index (χ1v) is 10.0. The van der Waals surface area contributed by atoms with Gasteiger partial charge in [-0.3, -0.25) is 10.1 Å². The van der Waals surface area contributed by atoms with E-state index in [1.54, 1.807) is 25.4 Å². The molecule has 1 aromatic heterocycles. The van der Waals surface area contributed by atoms with Gasteiger partial charge >= 0.3 is 0 Å². The van der Waals surface area contributed by atoms with Crippen molar-refractivity contribution in [1.29, 1.82) is 0 Å². The van der Waals surface area contributed by atoms with Crippen LogP contribution in [-0.4, -0.2) is 24.6 Å². The van der Waals surface area contributed by atoms with E-state index in [1.807, 2.05) is 25.1 Å². The fourth-order valence-electron chi connectivity index (χ4n) is 2.55. The van der Waals surface area contributed by atoms with Gasteiger partial charge in [0.15, 0.2) is 16.6 Å². The van der Waals surface area contributed by atoms with Crippen LogP contribution in [0.15, 0.2) is 53.1 Å². The maximum atomic E-state index is 12.6. The van der Waals surface area contributed by atoms with Crippen molar-refractivity contribution in [1.82, 2.24) is 4.98 Å². The Morgan fingerprint density at radius 3 is 2.74 bits per heavy atom. The molecular formula is C20H19BrN2O3S. The summed E-state index contributed by atoms with van der Waals surface area (Å²) in [6.07, 6.45) is 2.58. The maximum absolute atomic E-state index is 12.6. The van der Waals surface area contributed by atoms with Crippen molar-refractivity contribution in [3.05, 3.63) is 69.1 Å². The Morgan fingerprint density at radius 2 is 2.04 bits per heavy atom. The van der Waals surface area contributed by atoms with Gasteiger partial charge in [0.1, 0.15) is 0 Å². The molecule has 0 unspecified atom stereocenters. The van der Waals surface area contributed by atoms with Gasteiger partial charge in [-0.1, -0.05) is 30.3 Å². The number of ether oxygens (including phenoxy) is 2. The fourth-order valence-corrected chi connectivity index (χ4v) is 3.95. The first-order valence-electron chi connectivity index (χ1n) is 8.41. The molecule has 5 nitrogen and oxygen atoms in total. The summed E-state index contributed by atoms with van der Waals surface area (Å²) in [7, 11) is 1.54. The molecule has 3 rings (SSSR count). The number of halogens is 1. The molecule has 0 spiro atoms. The Hall–Kier alpha value is -2.38. The summed E-state index contributed by atoms with van der Waals surface area (Å²) < 4.78 is 11.6. The number of thiazole rings is 1. The summed E-state index contributed by atoms with van der Waals surface area (Å²) >= 11 is 4.90. The number of carbonyl (C=O) groups excluding carboxylic acids is 1. The number of nitrogens with zero attached hydrogens (tertiary/aromatic N) is 1. The van der Waals surface area contributed by atoms with E-state index >= 15 is 0 Å². The minimum Gasteiger partial charge on any atom is -0.493 e. The molecule has 3 aromatic rings. The average molecular weight is 447 g/mol. The standard InChI is InChI=1S/C20H19BrN2O3S/c1-3-26-18-16(21)10-14(11-17(18)25-2)19(24)23-20-22-12-15(27-20)9-13-7-5-4-6-8-13/h4-8,10-12H,3,9H2,1-2H3,(H,22,23,24). The Bertz CT molecular complexity index is 928. The first-order chi connectivity index (χ1) is 13.1. The molecular weight excluding hydrogens is 428 g/mol. The second-order valence-electron chi connectivity index (χ2n) is 5.67. The third-order valence-electron chi connectivity index (χ3n) is 3.78. The smallest absolute Gasteiger partial charge is 0.257 e. The van der Waals surface area contributed by atoms with Crippen LogP contribution in [-0.2, 0) is 6.42 Å². The van der Waals surface area contributed by atoms with Crippen molar-refractivity contribution >= 4 is 38.3 Å². The van der Waals surface area contributed by atoms with Crippen LogP contribution >= 0.6 is 27.3 Å². The summed E-state index contributed by atoms with van der Waals surface area (Å²) in [6, 6.07) is 13.5. The molecule has 0 radical (unpaired) electrons. The molecule has 0 saturated carbocycles. The van der Waals surface area contributed by atoms with Crippen LogP contribution in [0.1, 0.15) is 27.7 Å². The normalized spacial score (nSPS) is 10.5. The van der Waals surface area contributed by atoms with Gasteiger partial charge in [0.2, 0.25) is 0 Å². The molecule has 0 fully saturated rings. The zero-order valence-electron chi connectivity index (χ0n) is 15.0. The van der Waals surface area contributed by atoms with E-state index in [9.17, 15) is 4.79 Å². The molecule has 1 heterocycles. The summed E-state index contributed by atoms with van der Waals surface area (Å²) in [5, 5.41) is 3.41. The lowest BCUT2D eigenvalue weighted by molar-refractivity contribution is 0.102. The largest absolute Gasteiger partial charge is 0.493 e. The number of methoxy groups -OCH3 is 1. The zero-order valence-corrected chi connectivity index (χ0v) is 17.4. The van der Waals surface area contributed by atoms with Crippen LogP contribution in [0.4, 0.5) is 5.13 Å². The van der Waals surface area contributed by atoms with E-state index in [0.717, 1.165) is 11.3 Å². The SMILES string of the molecule is CCOc1c(Br)cc(C(=O)Nc2ncc(Cc3ccccc3)s2)cc1OC. The van der Waals surface area contributed by atoms with Gasteiger partial charge in [-0.15, -0.1) is 11.3 Å². The minimum absolute atomic E-state index is 0.252. The molecule has 0 saturated heterocycles. The molecule has 0 aliphatic carbocycles. The highest BCUT2D eigenvalue weighted by molar-refractivity contribution is 9.10. The van der Waals surface area contributed by atoms with Gasteiger partial charge in [-0.05, 0) is 40.5 Å². The number of hydrogen-bond donors (Lipinski definition) is 1. The predicted octanol–water partition coefficient (Wildman–Crippen LogP) is 5.16. The molecule has 2 aromatic carbocycles. The maximum Gasteiger partial charge on any atom is 0.257 e. The van der Waals surface area contributed by atoms with Crippen LogP contribution in [0.25, 0.3) is 0 Å². The number of amides is 1. The molecule has 7 heteroatoms. The van der Waals surface area contributed by atoms with Crippen molar-refractivity contribution in [3.63, 3.8) is 0 Å². The van der Waals surface area contributed by atoms with Gasteiger partial charge in [0.25, 0.3) is 5.91 Å². The highest BCUT2D eigenvalue weighted by Gasteiger charge is 2.16. The van der Waals surface area contributed by atoms with Crippen molar-refractivity contribution in [2.24, 2.45) is 0 Å². The number of carbonyl (C=O) groups is 1. The molecule has 1 N–H and O–H groups in total. The number of aromatic nitrogens is 1.